The fourth-order valence-electron chi connectivity index (χ4n) is 3.29. The molecule has 0 unspecified atom stereocenters. The number of sulfonamides is 1. The van der Waals surface area contributed by atoms with Gasteiger partial charge in [-0.15, -0.1) is 0 Å². The molecule has 1 heterocycles. The van der Waals surface area contributed by atoms with Crippen molar-refractivity contribution < 1.29 is 21.6 Å². The summed E-state index contributed by atoms with van der Waals surface area (Å²) in [6.45, 7) is 12.2. The van der Waals surface area contributed by atoms with Crippen molar-refractivity contribution in [2.24, 2.45) is 4.99 Å². The summed E-state index contributed by atoms with van der Waals surface area (Å²) in [5.74, 6) is 0.604. The Labute approximate surface area is 166 Å². The van der Waals surface area contributed by atoms with Gasteiger partial charge in [-0.1, -0.05) is 0 Å². The van der Waals surface area contributed by atoms with Crippen molar-refractivity contribution in [2.45, 2.75) is 71.1 Å². The Hall–Kier alpha value is -1.07. The summed E-state index contributed by atoms with van der Waals surface area (Å²) in [5, 5.41) is 6.35. The first kappa shape index (κ1) is 25.0. The van der Waals surface area contributed by atoms with Crippen LogP contribution in [0.25, 0.3) is 0 Å². The van der Waals surface area contributed by atoms with Crippen molar-refractivity contribution in [3.8, 4) is 0 Å². The maximum absolute atomic E-state index is 12.7. The van der Waals surface area contributed by atoms with Crippen molar-refractivity contribution in [1.82, 2.24) is 19.8 Å². The second-order valence-corrected chi connectivity index (χ2v) is 9.38. The van der Waals surface area contributed by atoms with E-state index in [9.17, 15) is 21.6 Å². The standard InChI is InChI=1S/C17H34F3N5O2S/c1-6-21-16(22-9-12-25(13(2)3)14(4)5)23-15-7-10-24(11-8-15)28(26,27)17(18,19)20/h13-15H,6-12H2,1-5H3,(H2,21,22,23). The molecule has 1 saturated heterocycles. The summed E-state index contributed by atoms with van der Waals surface area (Å²) in [6, 6.07) is 0.695. The SMILES string of the molecule is CCNC(=NCCN(C(C)C)C(C)C)NC1CCN(S(=O)(=O)C(F)(F)F)CC1. The Bertz CT molecular complexity index is 592. The van der Waals surface area contributed by atoms with Gasteiger partial charge in [-0.05, 0) is 47.5 Å². The average Bonchev–Trinajstić information content (AvgIpc) is 2.57. The van der Waals surface area contributed by atoms with Gasteiger partial charge in [-0.2, -0.15) is 17.5 Å². The van der Waals surface area contributed by atoms with Crippen LogP contribution in [0.4, 0.5) is 13.2 Å². The van der Waals surface area contributed by atoms with Crippen LogP contribution in [-0.2, 0) is 10.0 Å². The third-order valence-corrected chi connectivity index (χ3v) is 6.36. The maximum Gasteiger partial charge on any atom is 0.511 e. The van der Waals surface area contributed by atoms with Gasteiger partial charge in [-0.25, -0.2) is 8.42 Å². The molecule has 1 rings (SSSR count). The minimum atomic E-state index is -5.25. The van der Waals surface area contributed by atoms with E-state index in [2.05, 4.69) is 48.2 Å². The monoisotopic (exact) mass is 429 g/mol. The molecular weight excluding hydrogens is 395 g/mol. The van der Waals surface area contributed by atoms with Gasteiger partial charge >= 0.3 is 15.5 Å². The molecule has 0 atom stereocenters. The van der Waals surface area contributed by atoms with E-state index < -0.39 is 15.5 Å². The van der Waals surface area contributed by atoms with Crippen molar-refractivity contribution >= 4 is 16.0 Å². The molecule has 0 aromatic carbocycles. The lowest BCUT2D eigenvalue weighted by Crippen LogP contribution is -2.51. The third-order valence-electron chi connectivity index (χ3n) is 4.73. The maximum atomic E-state index is 12.7. The Morgan fingerprint density at radius 3 is 2.14 bits per heavy atom. The zero-order chi connectivity index (χ0) is 21.5. The van der Waals surface area contributed by atoms with E-state index >= 15 is 0 Å². The smallest absolute Gasteiger partial charge is 0.357 e. The molecule has 28 heavy (non-hydrogen) atoms. The number of guanidine groups is 1. The zero-order valence-corrected chi connectivity index (χ0v) is 18.2. The van der Waals surface area contributed by atoms with E-state index in [0.717, 1.165) is 6.54 Å². The first-order chi connectivity index (χ1) is 12.9. The summed E-state index contributed by atoms with van der Waals surface area (Å²) >= 11 is 0. The van der Waals surface area contributed by atoms with Gasteiger partial charge in [0.25, 0.3) is 0 Å². The van der Waals surface area contributed by atoms with Crippen molar-refractivity contribution in [3.63, 3.8) is 0 Å². The predicted octanol–water partition coefficient (Wildman–Crippen LogP) is 1.97. The number of hydrogen-bond acceptors (Lipinski definition) is 4. The Morgan fingerprint density at radius 2 is 1.71 bits per heavy atom. The number of rotatable bonds is 8. The molecule has 11 heteroatoms. The quantitative estimate of drug-likeness (QED) is 0.456. The Kier molecular flexibility index (Phi) is 9.48. The Morgan fingerprint density at radius 1 is 1.18 bits per heavy atom. The van der Waals surface area contributed by atoms with Gasteiger partial charge in [0.1, 0.15) is 0 Å². The highest BCUT2D eigenvalue weighted by Gasteiger charge is 2.50. The summed E-state index contributed by atoms with van der Waals surface area (Å²) in [6.07, 6.45) is 0.591. The van der Waals surface area contributed by atoms with Crippen molar-refractivity contribution in [1.29, 1.82) is 0 Å². The molecule has 1 aliphatic rings. The summed E-state index contributed by atoms with van der Waals surface area (Å²) in [4.78, 5) is 6.89. The van der Waals surface area contributed by atoms with Crippen LogP contribution in [0.1, 0.15) is 47.5 Å². The first-order valence-corrected chi connectivity index (χ1v) is 11.2. The van der Waals surface area contributed by atoms with E-state index in [1.807, 2.05) is 6.92 Å². The minimum absolute atomic E-state index is 0.121. The van der Waals surface area contributed by atoms with Crippen molar-refractivity contribution in [3.05, 3.63) is 0 Å². The number of aliphatic imine (C=N–C) groups is 1. The molecule has 0 bridgehead atoms. The van der Waals surface area contributed by atoms with E-state index in [-0.39, 0.29) is 19.1 Å². The molecule has 7 nitrogen and oxygen atoms in total. The van der Waals surface area contributed by atoms with Crippen LogP contribution >= 0.6 is 0 Å². The molecule has 1 fully saturated rings. The van der Waals surface area contributed by atoms with Gasteiger partial charge in [0.05, 0.1) is 6.54 Å². The van der Waals surface area contributed by atoms with Gasteiger partial charge in [0, 0.05) is 44.3 Å². The number of nitrogens with one attached hydrogen (secondary N) is 2. The largest absolute Gasteiger partial charge is 0.511 e. The number of piperidine rings is 1. The molecule has 0 aromatic heterocycles. The second-order valence-electron chi connectivity index (χ2n) is 7.45. The van der Waals surface area contributed by atoms with Gasteiger partial charge in [0.2, 0.25) is 0 Å². The van der Waals surface area contributed by atoms with Crippen LogP contribution in [0.15, 0.2) is 4.99 Å². The second kappa shape index (κ2) is 10.6. The fourth-order valence-corrected chi connectivity index (χ4v) is 4.27. The molecule has 0 spiro atoms. The van der Waals surface area contributed by atoms with Crippen LogP contribution in [0, 0.1) is 0 Å². The molecule has 0 amide bonds. The molecule has 0 aromatic rings. The lowest BCUT2D eigenvalue weighted by molar-refractivity contribution is -0.0494. The molecule has 0 radical (unpaired) electrons. The number of halogens is 3. The minimum Gasteiger partial charge on any atom is -0.357 e. The summed E-state index contributed by atoms with van der Waals surface area (Å²) in [5.41, 5.74) is -5.25. The van der Waals surface area contributed by atoms with Gasteiger partial charge in [-0.3, -0.25) is 9.89 Å². The highest BCUT2D eigenvalue weighted by Crippen LogP contribution is 2.28. The van der Waals surface area contributed by atoms with E-state index in [1.54, 1.807) is 0 Å². The van der Waals surface area contributed by atoms with Crippen molar-refractivity contribution in [2.75, 3.05) is 32.7 Å². The number of alkyl halides is 3. The highest BCUT2D eigenvalue weighted by atomic mass is 32.2. The lowest BCUT2D eigenvalue weighted by atomic mass is 10.1. The van der Waals surface area contributed by atoms with Gasteiger partial charge < -0.3 is 10.6 Å². The number of hydrogen-bond donors (Lipinski definition) is 2. The van der Waals surface area contributed by atoms with E-state index in [4.69, 9.17) is 0 Å². The average molecular weight is 430 g/mol. The lowest BCUT2D eigenvalue weighted by Gasteiger charge is -2.33. The van der Waals surface area contributed by atoms with E-state index in [0.29, 0.717) is 48.3 Å². The number of nitrogens with zero attached hydrogens (tertiary/aromatic N) is 3. The molecule has 2 N–H and O–H groups in total. The zero-order valence-electron chi connectivity index (χ0n) is 17.4. The van der Waals surface area contributed by atoms with E-state index in [1.165, 1.54) is 0 Å². The van der Waals surface area contributed by atoms with Crippen LogP contribution in [0.5, 0.6) is 0 Å². The van der Waals surface area contributed by atoms with Crippen LogP contribution < -0.4 is 10.6 Å². The van der Waals surface area contributed by atoms with Crippen LogP contribution in [-0.4, -0.2) is 79.9 Å². The topological polar surface area (TPSA) is 77.0 Å². The summed E-state index contributed by atoms with van der Waals surface area (Å²) in [7, 11) is -5.25. The Balaban J connectivity index is 2.62. The molecule has 1 aliphatic heterocycles. The first-order valence-electron chi connectivity index (χ1n) is 9.77. The van der Waals surface area contributed by atoms with Crippen LogP contribution in [0.2, 0.25) is 0 Å². The normalized spacial score (nSPS) is 18.3. The molecule has 0 aliphatic carbocycles. The highest BCUT2D eigenvalue weighted by molar-refractivity contribution is 7.90. The molecule has 166 valence electrons. The van der Waals surface area contributed by atoms with Gasteiger partial charge in [0.15, 0.2) is 5.96 Å². The molecule has 0 saturated carbocycles. The molecular formula is C17H34F3N5O2S. The van der Waals surface area contributed by atoms with Crippen LogP contribution in [0.3, 0.4) is 0 Å². The fraction of sp³-hybridized carbons (Fsp3) is 0.941. The summed E-state index contributed by atoms with van der Waals surface area (Å²) < 4.78 is 61.5. The third kappa shape index (κ3) is 7.07. The predicted molar refractivity (Wildman–Crippen MR) is 106 cm³/mol.